The van der Waals surface area contributed by atoms with Gasteiger partial charge in [0, 0.05) is 30.0 Å². The summed E-state index contributed by atoms with van der Waals surface area (Å²) in [6.07, 6.45) is 15.0. The summed E-state index contributed by atoms with van der Waals surface area (Å²) in [5.41, 5.74) is 8.43. The number of fused-ring (bicyclic) bond motifs is 1. The quantitative estimate of drug-likeness (QED) is 0.456. The average Bonchev–Trinajstić information content (AvgIpc) is 2.84. The summed E-state index contributed by atoms with van der Waals surface area (Å²) in [6, 6.07) is 7.10. The van der Waals surface area contributed by atoms with E-state index >= 15 is 0 Å². The number of benzene rings is 1. The molecular weight excluding hydrogens is 466 g/mol. The maximum absolute atomic E-state index is 8.95. The lowest BCUT2D eigenvalue weighted by Crippen LogP contribution is -2.42. The van der Waals surface area contributed by atoms with Crippen molar-refractivity contribution in [2.24, 2.45) is 0 Å². The lowest BCUT2D eigenvalue weighted by atomic mass is 9.80. The molecule has 5 heteroatoms. The Balaban J connectivity index is 0.000000567. The number of carbonyl (C=O) groups is 1. The predicted octanol–water partition coefficient (Wildman–Crippen LogP) is 6.16. The highest BCUT2D eigenvalue weighted by Crippen LogP contribution is 2.41. The molecule has 1 saturated carbocycles. The van der Waals surface area contributed by atoms with E-state index in [1.807, 2.05) is 0 Å². The molecule has 1 heterocycles. The van der Waals surface area contributed by atoms with Crippen LogP contribution >= 0.6 is 15.9 Å². The van der Waals surface area contributed by atoms with Gasteiger partial charge in [-0.3, -0.25) is 9.69 Å². The van der Waals surface area contributed by atoms with Crippen LogP contribution < -0.4 is 0 Å². The minimum absolute atomic E-state index is 0.375. The van der Waals surface area contributed by atoms with E-state index in [4.69, 9.17) is 9.53 Å². The van der Waals surface area contributed by atoms with Crippen molar-refractivity contribution >= 4 is 22.4 Å². The first-order valence-corrected chi connectivity index (χ1v) is 12.3. The first-order valence-electron chi connectivity index (χ1n) is 11.5. The number of hydrogen-bond acceptors (Lipinski definition) is 4. The van der Waals surface area contributed by atoms with Crippen molar-refractivity contribution in [2.75, 3.05) is 20.2 Å². The molecule has 0 amide bonds. The van der Waals surface area contributed by atoms with E-state index < -0.39 is 0 Å². The number of nitrogens with zero attached hydrogens (tertiary/aromatic N) is 1. The number of methoxy groups -OCH3 is 1. The minimum atomic E-state index is 0.375. The van der Waals surface area contributed by atoms with Crippen molar-refractivity contribution in [1.29, 1.82) is 0 Å². The highest BCUT2D eigenvalue weighted by atomic mass is 79.9. The molecule has 0 unspecified atom stereocenters. The van der Waals surface area contributed by atoms with Gasteiger partial charge in [-0.05, 0) is 65.3 Å². The molecule has 0 aromatic heterocycles. The maximum atomic E-state index is 8.95. The van der Waals surface area contributed by atoms with Gasteiger partial charge in [-0.1, -0.05) is 59.5 Å². The summed E-state index contributed by atoms with van der Waals surface area (Å²) < 4.78 is 11.4. The smallest absolute Gasteiger partial charge is 0.292 e. The van der Waals surface area contributed by atoms with Crippen molar-refractivity contribution in [1.82, 2.24) is 4.90 Å². The zero-order chi connectivity index (χ0) is 22.5. The van der Waals surface area contributed by atoms with Crippen LogP contribution in [0.25, 0.3) is 0 Å². The Kier molecular flexibility index (Phi) is 7.69. The van der Waals surface area contributed by atoms with Crippen molar-refractivity contribution in [3.63, 3.8) is 0 Å². The second-order valence-electron chi connectivity index (χ2n) is 8.91. The van der Waals surface area contributed by atoms with Crippen LogP contribution in [0.5, 0.6) is 0 Å². The van der Waals surface area contributed by atoms with Gasteiger partial charge in [-0.25, -0.2) is 0 Å². The Morgan fingerprint density at radius 3 is 2.62 bits per heavy atom. The molecule has 0 radical (unpaired) electrons. The molecule has 1 aromatic carbocycles. The predicted molar refractivity (Wildman–Crippen MR) is 131 cm³/mol. The van der Waals surface area contributed by atoms with E-state index in [-0.39, 0.29) is 0 Å². The summed E-state index contributed by atoms with van der Waals surface area (Å²) in [6.45, 7) is 5.37. The first kappa shape index (κ1) is 23.1. The normalized spacial score (nSPS) is 20.4. The van der Waals surface area contributed by atoms with Gasteiger partial charge in [0.2, 0.25) is 0 Å². The molecule has 0 spiro atoms. The third-order valence-electron chi connectivity index (χ3n) is 6.95. The summed E-state index contributed by atoms with van der Waals surface area (Å²) in [7, 11) is 1.31. The summed E-state index contributed by atoms with van der Waals surface area (Å²) in [4.78, 5) is 11.7. The number of ether oxygens (including phenoxy) is 2. The van der Waals surface area contributed by atoms with E-state index in [1.54, 1.807) is 5.57 Å². The Morgan fingerprint density at radius 1 is 1.12 bits per heavy atom. The van der Waals surface area contributed by atoms with Crippen LogP contribution in [0.2, 0.25) is 0 Å². The number of halogens is 1. The molecule has 3 aliphatic carbocycles. The summed E-state index contributed by atoms with van der Waals surface area (Å²) in [5, 5.41) is 0. The van der Waals surface area contributed by atoms with Crippen LogP contribution in [0.15, 0.2) is 69.0 Å². The molecule has 0 N–H and O–H groups in total. The van der Waals surface area contributed by atoms with Gasteiger partial charge in [0.15, 0.2) is 0 Å². The zero-order valence-corrected chi connectivity index (χ0v) is 20.6. The number of allylic oxidation sites excluding steroid dienone is 3. The fourth-order valence-corrected chi connectivity index (χ4v) is 5.48. The minimum Gasteiger partial charge on any atom is -0.489 e. The fourth-order valence-electron chi connectivity index (χ4n) is 5.08. The summed E-state index contributed by atoms with van der Waals surface area (Å²) in [5.74, 6) is 1.07. The molecule has 4 nitrogen and oxygen atoms in total. The topological polar surface area (TPSA) is 38.8 Å². The Hall–Kier alpha value is -2.11. The van der Waals surface area contributed by atoms with E-state index in [9.17, 15) is 0 Å². The Labute approximate surface area is 199 Å². The van der Waals surface area contributed by atoms with E-state index in [2.05, 4.69) is 68.9 Å². The highest BCUT2D eigenvalue weighted by molar-refractivity contribution is 9.10. The third kappa shape index (κ3) is 5.10. The highest BCUT2D eigenvalue weighted by Gasteiger charge is 2.32. The molecule has 0 atom stereocenters. The average molecular weight is 498 g/mol. The lowest BCUT2D eigenvalue weighted by molar-refractivity contribution is -0.126. The van der Waals surface area contributed by atoms with Gasteiger partial charge < -0.3 is 9.47 Å². The van der Waals surface area contributed by atoms with Crippen LogP contribution in [0, 0.1) is 6.92 Å². The maximum Gasteiger partial charge on any atom is 0.292 e. The second kappa shape index (κ2) is 10.7. The van der Waals surface area contributed by atoms with Crippen LogP contribution in [-0.4, -0.2) is 37.6 Å². The molecule has 1 fully saturated rings. The molecule has 4 aliphatic rings. The molecular formula is C27H32BrNO3. The fraction of sp³-hybridized carbons (Fsp3) is 0.444. The third-order valence-corrected chi connectivity index (χ3v) is 7.81. The number of rotatable bonds is 5. The van der Waals surface area contributed by atoms with E-state index in [0.29, 0.717) is 13.1 Å². The van der Waals surface area contributed by atoms with Gasteiger partial charge in [0.1, 0.15) is 12.4 Å². The van der Waals surface area contributed by atoms with E-state index in [1.165, 1.54) is 67.1 Å². The van der Waals surface area contributed by atoms with Gasteiger partial charge in [-0.15, -0.1) is 0 Å². The monoisotopic (exact) mass is 497 g/mol. The number of carbonyl (C=O) groups excluding carboxylic acids is 1. The van der Waals surface area contributed by atoms with Gasteiger partial charge in [0.25, 0.3) is 6.47 Å². The Morgan fingerprint density at radius 2 is 1.88 bits per heavy atom. The molecule has 5 rings (SSSR count). The van der Waals surface area contributed by atoms with E-state index in [0.717, 1.165) is 35.8 Å². The Bertz CT molecular complexity index is 983. The van der Waals surface area contributed by atoms with Crippen LogP contribution in [0.4, 0.5) is 0 Å². The summed E-state index contributed by atoms with van der Waals surface area (Å²) >= 11 is 3.63. The largest absolute Gasteiger partial charge is 0.489 e. The molecule has 170 valence electrons. The van der Waals surface area contributed by atoms with Crippen molar-refractivity contribution in [3.8, 4) is 0 Å². The first-order chi connectivity index (χ1) is 15.6. The lowest BCUT2D eigenvalue weighted by Gasteiger charge is -2.41. The van der Waals surface area contributed by atoms with Crippen LogP contribution in [0.1, 0.15) is 49.7 Å². The van der Waals surface area contributed by atoms with Crippen LogP contribution in [-0.2, 0) is 20.9 Å². The number of hydrogen-bond donors (Lipinski definition) is 0. The standard InChI is InChI=1S/C25H28BrNO.C2H4O2/c1-17-20(6-5-9-24(17)26)16-28-25-13-21-15-27(22-7-3-2-4-8-22)14-19-11-10-18(25)12-23(19)21;1-4-2-3/h5-6,9-11,13,22H,2-4,7-8,12,14-16H2,1H3;2H,1H3. The molecule has 1 aliphatic heterocycles. The van der Waals surface area contributed by atoms with Crippen molar-refractivity contribution in [3.05, 3.63) is 80.1 Å². The SMILES string of the molecule is COC=O.Cc1c(Br)cccc1COC1=C2C=CC3=C(C2)C(=C1)CN(C1CCCCC1)C3. The second-order valence-corrected chi connectivity index (χ2v) is 9.77. The van der Waals surface area contributed by atoms with Gasteiger partial charge in [-0.2, -0.15) is 0 Å². The molecule has 32 heavy (non-hydrogen) atoms. The van der Waals surface area contributed by atoms with Gasteiger partial charge >= 0.3 is 0 Å². The molecule has 0 saturated heterocycles. The molecule has 2 bridgehead atoms. The van der Waals surface area contributed by atoms with Crippen molar-refractivity contribution in [2.45, 2.75) is 58.1 Å². The van der Waals surface area contributed by atoms with Crippen molar-refractivity contribution < 1.29 is 14.3 Å². The van der Waals surface area contributed by atoms with Crippen LogP contribution in [0.3, 0.4) is 0 Å². The zero-order valence-electron chi connectivity index (χ0n) is 19.0. The molecule has 1 aromatic rings. The van der Waals surface area contributed by atoms with Gasteiger partial charge in [0.05, 0.1) is 7.11 Å².